The Labute approximate surface area is 194 Å². The molecule has 0 saturated carbocycles. The third-order valence-corrected chi connectivity index (χ3v) is 6.06. The van der Waals surface area contributed by atoms with Crippen LogP contribution in [0.2, 0.25) is 0 Å². The van der Waals surface area contributed by atoms with Crippen LogP contribution in [0.15, 0.2) is 0 Å². The Balaban J connectivity index is 0. The van der Waals surface area contributed by atoms with Gasteiger partial charge in [-0.1, -0.05) is 110 Å². The molecule has 188 valence electrons. The van der Waals surface area contributed by atoms with Gasteiger partial charge in [-0.15, -0.1) is 0 Å². The maximum absolute atomic E-state index is 10.8. The molecule has 0 aliphatic carbocycles. The molecule has 0 spiro atoms. The van der Waals surface area contributed by atoms with Gasteiger partial charge >= 0.3 is 5.97 Å². The molecule has 0 aliphatic heterocycles. The number of carboxylic acids is 1. The Morgan fingerprint density at radius 1 is 0.774 bits per heavy atom. The molecule has 0 aromatic heterocycles. The van der Waals surface area contributed by atoms with Crippen molar-refractivity contribution in [3.8, 4) is 0 Å². The lowest BCUT2D eigenvalue weighted by Gasteiger charge is -2.17. The molecule has 0 aromatic carbocycles. The Bertz CT molecular complexity index is 387. The van der Waals surface area contributed by atoms with Crippen molar-refractivity contribution in [2.75, 3.05) is 14.1 Å². The Kier molecular flexibility index (Phi) is 23.7. The molecule has 0 radical (unpaired) electrons. The molecule has 5 nitrogen and oxygen atoms in total. The molecule has 0 rings (SSSR count). The molecule has 0 fully saturated rings. The summed E-state index contributed by atoms with van der Waals surface area (Å²) in [4.78, 5) is 12.8. The molecule has 5 heteroatoms. The fraction of sp³-hybridized carbons (Fsp3) is 0.962. The third kappa shape index (κ3) is 23.8. The highest BCUT2D eigenvalue weighted by molar-refractivity contribution is 5.76. The van der Waals surface area contributed by atoms with E-state index in [0.29, 0.717) is 6.42 Å². The van der Waals surface area contributed by atoms with Crippen molar-refractivity contribution in [3.63, 3.8) is 0 Å². The monoisotopic (exact) mass is 444 g/mol. The van der Waals surface area contributed by atoms with E-state index in [0.717, 1.165) is 25.7 Å². The summed E-state index contributed by atoms with van der Waals surface area (Å²) in [7, 11) is 3.96. The van der Waals surface area contributed by atoms with Crippen molar-refractivity contribution < 1.29 is 15.0 Å². The minimum atomic E-state index is -1.55. The molecule has 0 aromatic rings. The number of nitrogens with zero attached hydrogens (tertiary/aromatic N) is 1. The summed E-state index contributed by atoms with van der Waals surface area (Å²) < 4.78 is 0. The molecule has 2 atom stereocenters. The topological polar surface area (TPSA) is 86.8 Å². The summed E-state index contributed by atoms with van der Waals surface area (Å²) in [5, 5.41) is 18.4. The summed E-state index contributed by atoms with van der Waals surface area (Å²) >= 11 is 0. The minimum Gasteiger partial charge on any atom is -0.479 e. The second-order valence-electron chi connectivity index (χ2n) is 9.57. The first kappa shape index (κ1) is 32.5. The predicted octanol–water partition coefficient (Wildman–Crippen LogP) is 6.72. The van der Waals surface area contributed by atoms with E-state index in [1.807, 2.05) is 19.0 Å². The summed E-state index contributed by atoms with van der Waals surface area (Å²) in [6.07, 6.45) is 22.5. The molecule has 4 N–H and O–H groups in total. The van der Waals surface area contributed by atoms with E-state index < -0.39 is 11.6 Å². The van der Waals surface area contributed by atoms with E-state index in [2.05, 4.69) is 13.8 Å². The molecule has 0 aliphatic rings. The lowest BCUT2D eigenvalue weighted by Crippen LogP contribution is -2.35. The molecule has 0 amide bonds. The summed E-state index contributed by atoms with van der Waals surface area (Å²) in [5.41, 5.74) is 4.00. The predicted molar refractivity (Wildman–Crippen MR) is 134 cm³/mol. The molecular formula is C26H56N2O3. The van der Waals surface area contributed by atoms with Crippen LogP contribution in [0, 0.1) is 0 Å². The number of hydrogen-bond acceptors (Lipinski definition) is 4. The smallest absolute Gasteiger partial charge is 0.335 e. The van der Waals surface area contributed by atoms with E-state index in [1.165, 1.54) is 90.4 Å². The first-order chi connectivity index (χ1) is 14.7. The summed E-state index contributed by atoms with van der Waals surface area (Å²) in [5.74, 6) is -1.11. The zero-order valence-corrected chi connectivity index (χ0v) is 21.6. The number of rotatable bonds is 20. The van der Waals surface area contributed by atoms with Crippen LogP contribution < -0.4 is 5.73 Å². The zero-order chi connectivity index (χ0) is 24.0. The number of hydrogen-bond donors (Lipinski definition) is 3. The van der Waals surface area contributed by atoms with Gasteiger partial charge in [0.25, 0.3) is 0 Å². The summed E-state index contributed by atoms with van der Waals surface area (Å²) in [6.45, 7) is 5.73. The highest BCUT2D eigenvalue weighted by Crippen LogP contribution is 2.17. The number of carbonyl (C=O) groups is 1. The van der Waals surface area contributed by atoms with Crippen LogP contribution >= 0.6 is 0 Å². The molecule has 0 heterocycles. The molecule has 0 saturated heterocycles. The standard InChI is InChI=1S/C21H42O3.C5H14N2/c1-3-4-5-6-7-8-9-10-11-12-13-14-15-16-17-18-19-21(2,24)20(22)23;1-4-5(6)7(2)3/h24H,3-19H2,1-2H3,(H,22,23);5H,4,6H2,1-3H3. The van der Waals surface area contributed by atoms with E-state index in [-0.39, 0.29) is 6.17 Å². The van der Waals surface area contributed by atoms with Crippen molar-refractivity contribution in [1.29, 1.82) is 0 Å². The maximum atomic E-state index is 10.8. The van der Waals surface area contributed by atoms with Crippen molar-refractivity contribution in [3.05, 3.63) is 0 Å². The Hall–Kier alpha value is -0.650. The molecular weight excluding hydrogens is 388 g/mol. The second-order valence-corrected chi connectivity index (χ2v) is 9.57. The first-order valence-electron chi connectivity index (χ1n) is 13.1. The number of aliphatic hydroxyl groups is 1. The third-order valence-electron chi connectivity index (χ3n) is 6.06. The second kappa shape index (κ2) is 22.5. The van der Waals surface area contributed by atoms with E-state index >= 15 is 0 Å². The molecule has 0 bridgehead atoms. The first-order valence-corrected chi connectivity index (χ1v) is 13.1. The van der Waals surface area contributed by atoms with Gasteiger partial charge in [0.2, 0.25) is 0 Å². The fourth-order valence-electron chi connectivity index (χ4n) is 3.49. The van der Waals surface area contributed by atoms with E-state index in [1.54, 1.807) is 0 Å². The van der Waals surface area contributed by atoms with Gasteiger partial charge in [-0.05, 0) is 40.3 Å². The van der Waals surface area contributed by atoms with Gasteiger partial charge in [-0.3, -0.25) is 4.90 Å². The Morgan fingerprint density at radius 2 is 1.10 bits per heavy atom. The SMILES string of the molecule is CCC(N)N(C)C.CCCCCCCCCCCCCCCCCCC(C)(O)C(=O)O. The van der Waals surface area contributed by atoms with Gasteiger partial charge in [0.05, 0.1) is 6.17 Å². The van der Waals surface area contributed by atoms with E-state index in [9.17, 15) is 9.90 Å². The lowest BCUT2D eigenvalue weighted by molar-refractivity contribution is -0.157. The van der Waals surface area contributed by atoms with Crippen LogP contribution in [0.1, 0.15) is 136 Å². The van der Waals surface area contributed by atoms with Crippen LogP contribution in [-0.2, 0) is 4.79 Å². The lowest BCUT2D eigenvalue weighted by atomic mass is 9.97. The normalized spacial score (nSPS) is 14.1. The van der Waals surface area contributed by atoms with Gasteiger partial charge in [-0.2, -0.15) is 0 Å². The van der Waals surface area contributed by atoms with Crippen LogP contribution in [0.25, 0.3) is 0 Å². The zero-order valence-electron chi connectivity index (χ0n) is 21.6. The van der Waals surface area contributed by atoms with Crippen molar-refractivity contribution in [2.24, 2.45) is 5.73 Å². The molecule has 31 heavy (non-hydrogen) atoms. The molecule has 2 unspecified atom stereocenters. The van der Waals surface area contributed by atoms with Gasteiger partial charge < -0.3 is 15.9 Å². The van der Waals surface area contributed by atoms with Gasteiger partial charge in [0.15, 0.2) is 5.60 Å². The minimum absolute atomic E-state index is 0.236. The number of carboxylic acid groups (broad SMARTS) is 1. The average molecular weight is 445 g/mol. The van der Waals surface area contributed by atoms with Crippen molar-refractivity contribution >= 4 is 5.97 Å². The highest BCUT2D eigenvalue weighted by atomic mass is 16.4. The van der Waals surface area contributed by atoms with Crippen molar-refractivity contribution in [2.45, 2.75) is 148 Å². The number of nitrogens with two attached hydrogens (primary N) is 1. The fourth-order valence-corrected chi connectivity index (χ4v) is 3.49. The average Bonchev–Trinajstić information content (AvgIpc) is 2.73. The van der Waals surface area contributed by atoms with Crippen molar-refractivity contribution in [1.82, 2.24) is 4.90 Å². The largest absolute Gasteiger partial charge is 0.479 e. The highest BCUT2D eigenvalue weighted by Gasteiger charge is 2.28. The van der Waals surface area contributed by atoms with Crippen LogP contribution in [0.4, 0.5) is 0 Å². The van der Waals surface area contributed by atoms with Crippen LogP contribution in [0.5, 0.6) is 0 Å². The van der Waals surface area contributed by atoms with Crippen LogP contribution in [0.3, 0.4) is 0 Å². The quantitative estimate of drug-likeness (QED) is 0.143. The van der Waals surface area contributed by atoms with Gasteiger partial charge in [-0.25, -0.2) is 4.79 Å². The number of aliphatic carboxylic acids is 1. The van der Waals surface area contributed by atoms with Gasteiger partial charge in [0, 0.05) is 0 Å². The van der Waals surface area contributed by atoms with Gasteiger partial charge in [0.1, 0.15) is 0 Å². The number of unbranched alkanes of at least 4 members (excludes halogenated alkanes) is 15. The van der Waals surface area contributed by atoms with E-state index in [4.69, 9.17) is 10.8 Å². The van der Waals surface area contributed by atoms with Crippen LogP contribution in [-0.4, -0.2) is 46.9 Å². The summed E-state index contributed by atoms with van der Waals surface area (Å²) in [6, 6.07) is 0. The maximum Gasteiger partial charge on any atom is 0.335 e. The Morgan fingerprint density at radius 3 is 1.32 bits per heavy atom.